The highest BCUT2D eigenvalue weighted by Crippen LogP contribution is 2.38. The van der Waals surface area contributed by atoms with Crippen molar-refractivity contribution in [3.05, 3.63) is 0 Å². The quantitative estimate of drug-likeness (QED) is 0.837. The van der Waals surface area contributed by atoms with Crippen molar-refractivity contribution in [2.45, 2.75) is 70.5 Å². The molecule has 2 saturated heterocycles. The molecule has 0 amide bonds. The lowest BCUT2D eigenvalue weighted by Crippen LogP contribution is -2.64. The van der Waals surface area contributed by atoms with Gasteiger partial charge in [0.2, 0.25) is 0 Å². The molecule has 0 aromatic carbocycles. The smallest absolute Gasteiger partial charge is 0.0271 e. The second-order valence-electron chi connectivity index (χ2n) is 7.90. The van der Waals surface area contributed by atoms with Crippen LogP contribution in [0.2, 0.25) is 0 Å². The van der Waals surface area contributed by atoms with E-state index in [1.54, 1.807) is 0 Å². The summed E-state index contributed by atoms with van der Waals surface area (Å²) in [5.74, 6) is 0. The highest BCUT2D eigenvalue weighted by atomic mass is 15.3. The molecule has 3 heteroatoms. The first-order valence-corrected chi connectivity index (χ1v) is 8.77. The van der Waals surface area contributed by atoms with E-state index in [2.05, 4.69) is 36.0 Å². The van der Waals surface area contributed by atoms with E-state index in [4.69, 9.17) is 0 Å². The normalized spacial score (nSPS) is 39.5. The Labute approximate surface area is 125 Å². The number of hydrogen-bond donors (Lipinski definition) is 1. The summed E-state index contributed by atoms with van der Waals surface area (Å²) in [6.45, 7) is 10.2. The van der Waals surface area contributed by atoms with Gasteiger partial charge in [-0.15, -0.1) is 0 Å². The zero-order valence-corrected chi connectivity index (χ0v) is 13.7. The molecule has 3 rings (SSSR count). The molecule has 1 aliphatic carbocycles. The molecule has 20 heavy (non-hydrogen) atoms. The van der Waals surface area contributed by atoms with Crippen LogP contribution < -0.4 is 5.32 Å². The van der Waals surface area contributed by atoms with E-state index < -0.39 is 0 Å². The van der Waals surface area contributed by atoms with Crippen LogP contribution in [0.1, 0.15) is 52.4 Å². The molecule has 3 atom stereocenters. The minimum atomic E-state index is 0.446. The molecular formula is C17H33N3. The predicted octanol–water partition coefficient (Wildman–Crippen LogP) is 2.32. The largest absolute Gasteiger partial charge is 0.315 e. The van der Waals surface area contributed by atoms with Gasteiger partial charge in [0.1, 0.15) is 0 Å². The van der Waals surface area contributed by atoms with E-state index in [1.807, 2.05) is 0 Å². The average molecular weight is 279 g/mol. The second-order valence-corrected chi connectivity index (χ2v) is 7.90. The van der Waals surface area contributed by atoms with Crippen LogP contribution in [0.15, 0.2) is 0 Å². The fourth-order valence-electron chi connectivity index (χ4n) is 5.07. The molecule has 116 valence electrons. The summed E-state index contributed by atoms with van der Waals surface area (Å²) in [5, 5.41) is 3.66. The molecule has 3 unspecified atom stereocenters. The molecule has 0 aromatic rings. The first-order valence-electron chi connectivity index (χ1n) is 8.77. The Morgan fingerprint density at radius 1 is 0.950 bits per heavy atom. The van der Waals surface area contributed by atoms with E-state index in [1.165, 1.54) is 64.7 Å². The van der Waals surface area contributed by atoms with Crippen LogP contribution in [0, 0.1) is 5.41 Å². The Bertz CT molecular complexity index is 328. The maximum atomic E-state index is 3.66. The summed E-state index contributed by atoms with van der Waals surface area (Å²) >= 11 is 0. The van der Waals surface area contributed by atoms with Crippen LogP contribution in [0.4, 0.5) is 0 Å². The Morgan fingerprint density at radius 3 is 2.55 bits per heavy atom. The Hall–Kier alpha value is -0.120. The lowest BCUT2D eigenvalue weighted by molar-refractivity contribution is -0.0134. The van der Waals surface area contributed by atoms with Gasteiger partial charge in [0.25, 0.3) is 0 Å². The summed E-state index contributed by atoms with van der Waals surface area (Å²) < 4.78 is 0. The van der Waals surface area contributed by atoms with Gasteiger partial charge in [-0.2, -0.15) is 0 Å². The number of nitrogens with zero attached hydrogens (tertiary/aromatic N) is 2. The molecule has 3 fully saturated rings. The topological polar surface area (TPSA) is 18.5 Å². The Morgan fingerprint density at radius 2 is 1.75 bits per heavy atom. The summed E-state index contributed by atoms with van der Waals surface area (Å²) in [6.07, 6.45) is 8.46. The van der Waals surface area contributed by atoms with Crippen molar-refractivity contribution in [1.29, 1.82) is 0 Å². The van der Waals surface area contributed by atoms with E-state index in [9.17, 15) is 0 Å². The van der Waals surface area contributed by atoms with Crippen molar-refractivity contribution in [3.63, 3.8) is 0 Å². The zero-order chi connectivity index (χ0) is 14.2. The van der Waals surface area contributed by atoms with Gasteiger partial charge < -0.3 is 5.32 Å². The third-order valence-electron chi connectivity index (χ3n) is 6.20. The van der Waals surface area contributed by atoms with Crippen molar-refractivity contribution >= 4 is 0 Å². The summed E-state index contributed by atoms with van der Waals surface area (Å²) in [5.41, 5.74) is 0.446. The molecule has 0 bridgehead atoms. The Kier molecular flexibility index (Phi) is 4.40. The van der Waals surface area contributed by atoms with Gasteiger partial charge in [-0.05, 0) is 44.7 Å². The van der Waals surface area contributed by atoms with Gasteiger partial charge >= 0.3 is 0 Å². The lowest BCUT2D eigenvalue weighted by atomic mass is 9.70. The lowest BCUT2D eigenvalue weighted by Gasteiger charge is -2.52. The molecule has 0 radical (unpaired) electrons. The van der Waals surface area contributed by atoms with Gasteiger partial charge in [0.05, 0.1) is 0 Å². The van der Waals surface area contributed by atoms with Crippen LogP contribution >= 0.6 is 0 Å². The SMILES string of the molecule is CNC1C(N2CCN3CCCCC3C2)CCCC1(C)C. The Balaban J connectivity index is 1.68. The van der Waals surface area contributed by atoms with Crippen molar-refractivity contribution in [2.24, 2.45) is 5.41 Å². The zero-order valence-electron chi connectivity index (χ0n) is 13.7. The van der Waals surface area contributed by atoms with Crippen LogP contribution in [-0.4, -0.2) is 61.2 Å². The highest BCUT2D eigenvalue weighted by molar-refractivity contribution is 4.99. The van der Waals surface area contributed by atoms with Gasteiger partial charge in [-0.1, -0.05) is 26.7 Å². The van der Waals surface area contributed by atoms with Crippen LogP contribution in [-0.2, 0) is 0 Å². The molecular weight excluding hydrogens is 246 g/mol. The van der Waals surface area contributed by atoms with Crippen molar-refractivity contribution < 1.29 is 0 Å². The van der Waals surface area contributed by atoms with E-state index in [0.29, 0.717) is 11.5 Å². The van der Waals surface area contributed by atoms with Crippen molar-refractivity contribution in [3.8, 4) is 0 Å². The average Bonchev–Trinajstić information content (AvgIpc) is 2.45. The molecule has 2 aliphatic heterocycles. The molecule has 3 nitrogen and oxygen atoms in total. The second kappa shape index (κ2) is 5.94. The standard InChI is InChI=1S/C17H33N3/c1-17(2)9-6-8-15(16(17)18-3)20-12-11-19-10-5-4-7-14(19)13-20/h14-16,18H,4-13H2,1-3H3. The van der Waals surface area contributed by atoms with Gasteiger partial charge in [0, 0.05) is 37.8 Å². The summed E-state index contributed by atoms with van der Waals surface area (Å²) in [4.78, 5) is 5.58. The van der Waals surface area contributed by atoms with Crippen LogP contribution in [0.3, 0.4) is 0 Å². The van der Waals surface area contributed by atoms with E-state index in [-0.39, 0.29) is 0 Å². The van der Waals surface area contributed by atoms with E-state index in [0.717, 1.165) is 12.1 Å². The molecule has 1 saturated carbocycles. The highest BCUT2D eigenvalue weighted by Gasteiger charge is 2.42. The van der Waals surface area contributed by atoms with Gasteiger partial charge in [-0.25, -0.2) is 0 Å². The minimum absolute atomic E-state index is 0.446. The van der Waals surface area contributed by atoms with E-state index >= 15 is 0 Å². The number of rotatable bonds is 2. The third-order valence-corrected chi connectivity index (χ3v) is 6.20. The number of nitrogens with one attached hydrogen (secondary N) is 1. The summed E-state index contributed by atoms with van der Waals surface area (Å²) in [7, 11) is 2.17. The number of piperazine rings is 1. The fourth-order valence-corrected chi connectivity index (χ4v) is 5.07. The van der Waals surface area contributed by atoms with Gasteiger partial charge in [0.15, 0.2) is 0 Å². The van der Waals surface area contributed by atoms with Gasteiger partial charge in [-0.3, -0.25) is 9.80 Å². The maximum Gasteiger partial charge on any atom is 0.0271 e. The first-order chi connectivity index (χ1) is 9.62. The first kappa shape index (κ1) is 14.8. The van der Waals surface area contributed by atoms with Crippen molar-refractivity contribution in [1.82, 2.24) is 15.1 Å². The van der Waals surface area contributed by atoms with Crippen LogP contribution in [0.5, 0.6) is 0 Å². The molecule has 0 spiro atoms. The number of piperidine rings is 1. The third kappa shape index (κ3) is 2.77. The summed E-state index contributed by atoms with van der Waals surface area (Å²) in [6, 6.07) is 2.26. The minimum Gasteiger partial charge on any atom is -0.315 e. The number of hydrogen-bond acceptors (Lipinski definition) is 3. The monoisotopic (exact) mass is 279 g/mol. The molecule has 2 heterocycles. The molecule has 1 N–H and O–H groups in total. The predicted molar refractivity (Wildman–Crippen MR) is 85.1 cm³/mol. The molecule has 0 aromatic heterocycles. The van der Waals surface area contributed by atoms with Crippen LogP contribution in [0.25, 0.3) is 0 Å². The molecule has 3 aliphatic rings. The van der Waals surface area contributed by atoms with Crippen molar-refractivity contribution in [2.75, 3.05) is 33.2 Å². The maximum absolute atomic E-state index is 3.66. The number of fused-ring (bicyclic) bond motifs is 1. The number of likely N-dealkylation sites (N-methyl/N-ethyl adjacent to an activating group) is 1. The fraction of sp³-hybridized carbons (Fsp3) is 1.00.